The maximum atomic E-state index is 13.6. The summed E-state index contributed by atoms with van der Waals surface area (Å²) in [6.45, 7) is 4.48. The molecular formula is C30H41N5O2S. The topological polar surface area (TPSA) is 88.9 Å². The van der Waals surface area contributed by atoms with Gasteiger partial charge in [0.15, 0.2) is 11.0 Å². The lowest BCUT2D eigenvalue weighted by Crippen LogP contribution is -2.53. The van der Waals surface area contributed by atoms with Crippen LogP contribution in [0.4, 0.5) is 5.69 Å². The van der Waals surface area contributed by atoms with E-state index in [0.29, 0.717) is 12.6 Å². The van der Waals surface area contributed by atoms with Crippen molar-refractivity contribution in [1.82, 2.24) is 20.1 Å². The first kappa shape index (κ1) is 25.9. The van der Waals surface area contributed by atoms with Gasteiger partial charge in [0, 0.05) is 17.1 Å². The highest BCUT2D eigenvalue weighted by atomic mass is 32.2. The second kappa shape index (κ2) is 10.7. The van der Waals surface area contributed by atoms with E-state index in [2.05, 4.69) is 38.4 Å². The lowest BCUT2D eigenvalue weighted by molar-refractivity contribution is -0.146. The van der Waals surface area contributed by atoms with E-state index in [-0.39, 0.29) is 23.0 Å². The van der Waals surface area contributed by atoms with E-state index in [1.54, 1.807) is 0 Å². The van der Waals surface area contributed by atoms with Gasteiger partial charge in [-0.25, -0.2) is 0 Å². The summed E-state index contributed by atoms with van der Waals surface area (Å²) in [5, 5.41) is 16.2. The SMILES string of the molecule is Cc1ccc(NC(=O)CSc2nnc(CNC(=O)C34CC5CC(CC(C5)C3)C4)n2C2CCCCC2)c(C)c1. The maximum Gasteiger partial charge on any atom is 0.234 e. The summed E-state index contributed by atoms with van der Waals surface area (Å²) in [6, 6.07) is 6.38. The second-order valence-electron chi connectivity index (χ2n) is 12.6. The van der Waals surface area contributed by atoms with Crippen molar-refractivity contribution in [3.8, 4) is 0 Å². The molecule has 0 spiro atoms. The molecule has 2 N–H and O–H groups in total. The number of hydrogen-bond acceptors (Lipinski definition) is 5. The van der Waals surface area contributed by atoms with E-state index in [9.17, 15) is 9.59 Å². The van der Waals surface area contributed by atoms with Gasteiger partial charge < -0.3 is 15.2 Å². The molecule has 2 aromatic rings. The van der Waals surface area contributed by atoms with Crippen LogP contribution in [-0.4, -0.2) is 32.3 Å². The summed E-state index contributed by atoms with van der Waals surface area (Å²) in [5.41, 5.74) is 2.93. The highest BCUT2D eigenvalue weighted by molar-refractivity contribution is 7.99. The molecular weight excluding hydrogens is 494 g/mol. The minimum Gasteiger partial charge on any atom is -0.348 e. The van der Waals surface area contributed by atoms with Gasteiger partial charge in [-0.05, 0) is 94.6 Å². The smallest absolute Gasteiger partial charge is 0.234 e. The van der Waals surface area contributed by atoms with Gasteiger partial charge in [0.2, 0.25) is 11.8 Å². The van der Waals surface area contributed by atoms with Crippen LogP contribution < -0.4 is 10.6 Å². The average molecular weight is 536 g/mol. The minimum atomic E-state index is -0.159. The van der Waals surface area contributed by atoms with Crippen LogP contribution in [0, 0.1) is 37.0 Å². The number of hydrogen-bond donors (Lipinski definition) is 2. The van der Waals surface area contributed by atoms with E-state index in [1.807, 2.05) is 19.1 Å². The van der Waals surface area contributed by atoms with Gasteiger partial charge in [-0.2, -0.15) is 0 Å². The molecule has 5 aliphatic carbocycles. The van der Waals surface area contributed by atoms with Crippen molar-refractivity contribution < 1.29 is 9.59 Å². The van der Waals surface area contributed by atoms with Crippen molar-refractivity contribution in [2.45, 2.75) is 102 Å². The molecule has 7 rings (SSSR count). The highest BCUT2D eigenvalue weighted by Crippen LogP contribution is 2.60. The number of benzene rings is 1. The molecule has 0 radical (unpaired) electrons. The Balaban J connectivity index is 1.13. The molecule has 1 aromatic carbocycles. The highest BCUT2D eigenvalue weighted by Gasteiger charge is 2.54. The summed E-state index contributed by atoms with van der Waals surface area (Å²) < 4.78 is 2.23. The fourth-order valence-corrected chi connectivity index (χ4v) is 9.06. The van der Waals surface area contributed by atoms with Gasteiger partial charge in [0.1, 0.15) is 0 Å². The Kier molecular flexibility index (Phi) is 7.27. The van der Waals surface area contributed by atoms with Gasteiger partial charge in [-0.1, -0.05) is 48.7 Å². The van der Waals surface area contributed by atoms with Crippen LogP contribution in [0.3, 0.4) is 0 Å². The van der Waals surface area contributed by atoms with E-state index in [4.69, 9.17) is 0 Å². The number of amides is 2. The van der Waals surface area contributed by atoms with Crippen molar-refractivity contribution in [2.75, 3.05) is 11.1 Å². The summed E-state index contributed by atoms with van der Waals surface area (Å²) in [6.07, 6.45) is 13.0. The van der Waals surface area contributed by atoms with Gasteiger partial charge in [0.05, 0.1) is 12.3 Å². The standard InChI is InChI=1S/C30H41N5O2S/c1-19-8-9-25(20(2)10-19)32-27(36)18-38-29-34-33-26(35(29)24-6-4-3-5-7-24)17-31-28(37)30-14-21-11-22(15-30)13-23(12-21)16-30/h8-10,21-24H,3-7,11-18H2,1-2H3,(H,31,37)(H,32,36). The van der Waals surface area contributed by atoms with Gasteiger partial charge in [-0.15, -0.1) is 10.2 Å². The molecule has 8 heteroatoms. The number of aryl methyl sites for hydroxylation is 2. The second-order valence-corrected chi connectivity index (χ2v) is 13.5. The molecule has 0 atom stereocenters. The van der Waals surface area contributed by atoms with Crippen molar-refractivity contribution in [3.05, 3.63) is 35.2 Å². The first-order chi connectivity index (χ1) is 18.4. The molecule has 5 saturated carbocycles. The van der Waals surface area contributed by atoms with Crippen LogP contribution in [0.5, 0.6) is 0 Å². The maximum absolute atomic E-state index is 13.6. The summed E-state index contributed by atoms with van der Waals surface area (Å²) in [7, 11) is 0. The van der Waals surface area contributed by atoms with E-state index < -0.39 is 0 Å². The largest absolute Gasteiger partial charge is 0.348 e. The molecule has 1 aromatic heterocycles. The molecule has 2 amide bonds. The fourth-order valence-electron chi connectivity index (χ4n) is 8.24. The molecule has 4 bridgehead atoms. The first-order valence-electron chi connectivity index (χ1n) is 14.6. The molecule has 38 heavy (non-hydrogen) atoms. The van der Waals surface area contributed by atoms with Crippen LogP contribution in [0.15, 0.2) is 23.4 Å². The van der Waals surface area contributed by atoms with Crippen LogP contribution in [-0.2, 0) is 16.1 Å². The van der Waals surface area contributed by atoms with E-state index in [1.165, 1.54) is 55.9 Å². The Morgan fingerprint density at radius 3 is 2.34 bits per heavy atom. The lowest BCUT2D eigenvalue weighted by Gasteiger charge is -2.55. The lowest BCUT2D eigenvalue weighted by atomic mass is 9.49. The number of nitrogens with zero attached hydrogens (tertiary/aromatic N) is 3. The number of rotatable bonds is 8. The van der Waals surface area contributed by atoms with Gasteiger partial charge >= 0.3 is 0 Å². The molecule has 0 saturated heterocycles. The number of carbonyl (C=O) groups excluding carboxylic acids is 2. The Hall–Kier alpha value is -2.35. The molecule has 0 aliphatic heterocycles. The van der Waals surface area contributed by atoms with Crippen molar-refractivity contribution in [3.63, 3.8) is 0 Å². The average Bonchev–Trinajstić information content (AvgIpc) is 3.30. The number of aromatic nitrogens is 3. The molecule has 204 valence electrons. The quantitative estimate of drug-likeness (QED) is 0.407. The predicted octanol–water partition coefficient (Wildman–Crippen LogP) is 5.96. The number of carbonyl (C=O) groups is 2. The summed E-state index contributed by atoms with van der Waals surface area (Å²) >= 11 is 1.44. The van der Waals surface area contributed by atoms with E-state index >= 15 is 0 Å². The van der Waals surface area contributed by atoms with Crippen LogP contribution in [0.1, 0.15) is 93.6 Å². The summed E-state index contributed by atoms with van der Waals surface area (Å²) in [4.78, 5) is 26.4. The molecule has 5 aliphatic rings. The Labute approximate surface area is 230 Å². The monoisotopic (exact) mass is 535 g/mol. The Bertz CT molecular complexity index is 1170. The third-order valence-electron chi connectivity index (χ3n) is 9.59. The molecule has 0 unspecified atom stereocenters. The molecule has 7 nitrogen and oxygen atoms in total. The van der Waals surface area contributed by atoms with Gasteiger partial charge in [0.25, 0.3) is 0 Å². The van der Waals surface area contributed by atoms with Gasteiger partial charge in [-0.3, -0.25) is 9.59 Å². The number of thioether (sulfide) groups is 1. The fraction of sp³-hybridized carbons (Fsp3) is 0.667. The third kappa shape index (κ3) is 5.25. The first-order valence-corrected chi connectivity index (χ1v) is 15.6. The van der Waals surface area contributed by atoms with Crippen molar-refractivity contribution >= 4 is 29.3 Å². The van der Waals surface area contributed by atoms with Crippen LogP contribution >= 0.6 is 11.8 Å². The zero-order chi connectivity index (χ0) is 26.3. The van der Waals surface area contributed by atoms with Crippen molar-refractivity contribution in [1.29, 1.82) is 0 Å². The normalized spacial score (nSPS) is 28.4. The zero-order valence-corrected chi connectivity index (χ0v) is 23.6. The predicted molar refractivity (Wildman–Crippen MR) is 150 cm³/mol. The number of anilines is 1. The molecule has 1 heterocycles. The Morgan fingerprint density at radius 1 is 1.00 bits per heavy atom. The third-order valence-corrected chi connectivity index (χ3v) is 10.5. The van der Waals surface area contributed by atoms with Crippen LogP contribution in [0.2, 0.25) is 0 Å². The van der Waals surface area contributed by atoms with Crippen LogP contribution in [0.25, 0.3) is 0 Å². The minimum absolute atomic E-state index is 0.0446. The number of nitrogens with one attached hydrogen (secondary N) is 2. The van der Waals surface area contributed by atoms with E-state index in [0.717, 1.165) is 72.1 Å². The zero-order valence-electron chi connectivity index (χ0n) is 22.8. The summed E-state index contributed by atoms with van der Waals surface area (Å²) in [5.74, 6) is 3.53. The van der Waals surface area contributed by atoms with Crippen molar-refractivity contribution in [2.24, 2.45) is 23.2 Å². The molecule has 5 fully saturated rings. The Morgan fingerprint density at radius 2 is 1.68 bits per heavy atom.